The zero-order valence-corrected chi connectivity index (χ0v) is 11.6. The van der Waals surface area contributed by atoms with Gasteiger partial charge in [-0.3, -0.25) is 9.59 Å². The molecule has 0 rings (SSSR count). The van der Waals surface area contributed by atoms with Gasteiger partial charge in [0.25, 0.3) is 0 Å². The van der Waals surface area contributed by atoms with E-state index in [0.717, 1.165) is 32.1 Å². The highest BCUT2D eigenvalue weighted by molar-refractivity contribution is 5.86. The number of ether oxygens (including phenoxy) is 1. The molecular formula is C14H26O3. The van der Waals surface area contributed by atoms with Crippen molar-refractivity contribution in [2.75, 3.05) is 0 Å². The number of unbranched alkanes of at least 4 members (excludes halogenated alkanes) is 2. The molecule has 0 amide bonds. The Kier molecular flexibility index (Phi) is 8.73. The second-order valence-electron chi connectivity index (χ2n) is 4.99. The first-order valence-corrected chi connectivity index (χ1v) is 6.75. The Labute approximate surface area is 105 Å². The van der Waals surface area contributed by atoms with Crippen molar-refractivity contribution in [3.05, 3.63) is 0 Å². The fourth-order valence-corrected chi connectivity index (χ4v) is 1.70. The molecule has 17 heavy (non-hydrogen) atoms. The maximum atomic E-state index is 11.7. The minimum absolute atomic E-state index is 0.113. The van der Waals surface area contributed by atoms with Gasteiger partial charge in [-0.05, 0) is 18.8 Å². The topological polar surface area (TPSA) is 43.4 Å². The Balaban J connectivity index is 4.02. The number of carbonyl (C=O) groups is 2. The third kappa shape index (κ3) is 7.94. The molecule has 1 atom stereocenters. The highest BCUT2D eigenvalue weighted by atomic mass is 16.6. The normalized spacial score (nSPS) is 12.5. The summed E-state index contributed by atoms with van der Waals surface area (Å²) in [5.41, 5.74) is 0. The number of hydrogen-bond acceptors (Lipinski definition) is 3. The minimum atomic E-state index is -0.390. The lowest BCUT2D eigenvalue weighted by Crippen LogP contribution is -2.21. The molecule has 0 aromatic carbocycles. The molecule has 0 aliphatic carbocycles. The van der Waals surface area contributed by atoms with Crippen LogP contribution in [0.4, 0.5) is 0 Å². The molecule has 0 saturated heterocycles. The smallest absolute Gasteiger partial charge is 0.316 e. The molecule has 3 heteroatoms. The molecular weight excluding hydrogens is 216 g/mol. The molecule has 0 N–H and O–H groups in total. The molecule has 0 saturated carbocycles. The predicted molar refractivity (Wildman–Crippen MR) is 68.5 cm³/mol. The Morgan fingerprint density at radius 3 is 2.24 bits per heavy atom. The number of hydrogen-bond donors (Lipinski definition) is 0. The Morgan fingerprint density at radius 1 is 1.12 bits per heavy atom. The van der Waals surface area contributed by atoms with Gasteiger partial charge in [-0.25, -0.2) is 0 Å². The molecule has 0 aromatic heterocycles. The van der Waals surface area contributed by atoms with Crippen molar-refractivity contribution in [1.29, 1.82) is 0 Å². The van der Waals surface area contributed by atoms with Gasteiger partial charge in [-0.1, -0.05) is 47.0 Å². The van der Waals surface area contributed by atoms with E-state index in [1.807, 2.05) is 20.8 Å². The fourth-order valence-electron chi connectivity index (χ4n) is 1.70. The van der Waals surface area contributed by atoms with Gasteiger partial charge in [-0.15, -0.1) is 0 Å². The van der Waals surface area contributed by atoms with Crippen molar-refractivity contribution < 1.29 is 14.3 Å². The van der Waals surface area contributed by atoms with Crippen molar-refractivity contribution in [2.45, 2.75) is 66.2 Å². The van der Waals surface area contributed by atoms with Crippen LogP contribution in [0.25, 0.3) is 0 Å². The van der Waals surface area contributed by atoms with Gasteiger partial charge >= 0.3 is 11.9 Å². The van der Waals surface area contributed by atoms with Crippen molar-refractivity contribution in [2.24, 2.45) is 11.8 Å². The number of esters is 2. The molecule has 0 fully saturated rings. The minimum Gasteiger partial charge on any atom is -0.393 e. The van der Waals surface area contributed by atoms with E-state index in [9.17, 15) is 9.59 Å². The van der Waals surface area contributed by atoms with E-state index in [2.05, 4.69) is 6.92 Å². The summed E-state index contributed by atoms with van der Waals surface area (Å²) in [6.07, 6.45) is 5.19. The monoisotopic (exact) mass is 242 g/mol. The molecule has 3 nitrogen and oxygen atoms in total. The van der Waals surface area contributed by atoms with Crippen LogP contribution in [0.2, 0.25) is 0 Å². The lowest BCUT2D eigenvalue weighted by atomic mass is 9.99. The Hall–Kier alpha value is -0.860. The lowest BCUT2D eigenvalue weighted by molar-refractivity contribution is -0.163. The lowest BCUT2D eigenvalue weighted by Gasteiger charge is -2.13. The zero-order valence-electron chi connectivity index (χ0n) is 11.6. The largest absolute Gasteiger partial charge is 0.393 e. The highest BCUT2D eigenvalue weighted by Gasteiger charge is 2.20. The van der Waals surface area contributed by atoms with Crippen LogP contribution in [0.1, 0.15) is 66.2 Å². The molecule has 0 heterocycles. The third-order valence-corrected chi connectivity index (χ3v) is 2.77. The van der Waals surface area contributed by atoms with E-state index in [0.29, 0.717) is 6.42 Å². The van der Waals surface area contributed by atoms with Crippen LogP contribution in [0.5, 0.6) is 0 Å². The Bertz CT molecular complexity index is 234. The highest BCUT2D eigenvalue weighted by Crippen LogP contribution is 2.16. The average Bonchev–Trinajstić information content (AvgIpc) is 2.22. The first kappa shape index (κ1) is 16.1. The van der Waals surface area contributed by atoms with Crippen LogP contribution in [0.3, 0.4) is 0 Å². The summed E-state index contributed by atoms with van der Waals surface area (Å²) in [5, 5.41) is 0. The SMILES string of the molecule is CCCCC[C@H](CC)C(=O)OC(=O)CC(C)C. The molecule has 0 aliphatic rings. The first-order chi connectivity index (χ1) is 8.01. The van der Waals surface area contributed by atoms with Crippen LogP contribution >= 0.6 is 0 Å². The van der Waals surface area contributed by atoms with Crippen LogP contribution in [-0.2, 0) is 14.3 Å². The molecule has 100 valence electrons. The predicted octanol–water partition coefficient (Wildman–Crippen LogP) is 3.71. The van der Waals surface area contributed by atoms with E-state index in [4.69, 9.17) is 4.74 Å². The second kappa shape index (κ2) is 9.20. The maximum absolute atomic E-state index is 11.7. The van der Waals surface area contributed by atoms with Gasteiger partial charge in [-0.2, -0.15) is 0 Å². The fraction of sp³-hybridized carbons (Fsp3) is 0.857. The summed E-state index contributed by atoms with van der Waals surface area (Å²) in [4.78, 5) is 23.1. The average molecular weight is 242 g/mol. The van der Waals surface area contributed by atoms with Gasteiger partial charge in [0, 0.05) is 6.42 Å². The van der Waals surface area contributed by atoms with E-state index >= 15 is 0 Å². The van der Waals surface area contributed by atoms with Gasteiger partial charge in [0.05, 0.1) is 5.92 Å². The van der Waals surface area contributed by atoms with Crippen molar-refractivity contribution in [1.82, 2.24) is 0 Å². The number of rotatable bonds is 8. The van der Waals surface area contributed by atoms with Crippen molar-refractivity contribution in [3.8, 4) is 0 Å². The van der Waals surface area contributed by atoms with Crippen molar-refractivity contribution in [3.63, 3.8) is 0 Å². The van der Waals surface area contributed by atoms with Crippen LogP contribution in [0, 0.1) is 11.8 Å². The van der Waals surface area contributed by atoms with Gasteiger partial charge in [0.2, 0.25) is 0 Å². The summed E-state index contributed by atoms with van der Waals surface area (Å²) in [6, 6.07) is 0. The van der Waals surface area contributed by atoms with Crippen LogP contribution in [-0.4, -0.2) is 11.9 Å². The molecule has 0 spiro atoms. The summed E-state index contributed by atoms with van der Waals surface area (Å²) in [6.45, 7) is 7.96. The van der Waals surface area contributed by atoms with Crippen LogP contribution in [0.15, 0.2) is 0 Å². The quantitative estimate of drug-likeness (QED) is 0.370. The standard InChI is InChI=1S/C14H26O3/c1-5-7-8-9-12(6-2)14(16)17-13(15)10-11(3)4/h11-12H,5-10H2,1-4H3/t12-/m0/s1. The summed E-state index contributed by atoms with van der Waals surface area (Å²) < 4.78 is 4.87. The molecule has 0 unspecified atom stereocenters. The Morgan fingerprint density at radius 2 is 1.76 bits per heavy atom. The molecule has 0 aliphatic heterocycles. The van der Waals surface area contributed by atoms with Gasteiger partial charge < -0.3 is 4.74 Å². The molecule has 0 aromatic rings. The summed E-state index contributed by atoms with van der Waals surface area (Å²) in [7, 11) is 0. The van der Waals surface area contributed by atoms with Crippen molar-refractivity contribution >= 4 is 11.9 Å². The van der Waals surface area contributed by atoms with E-state index in [-0.39, 0.29) is 23.8 Å². The van der Waals surface area contributed by atoms with Crippen LogP contribution < -0.4 is 0 Å². The van der Waals surface area contributed by atoms with Gasteiger partial charge in [0.15, 0.2) is 0 Å². The van der Waals surface area contributed by atoms with Gasteiger partial charge in [0.1, 0.15) is 0 Å². The third-order valence-electron chi connectivity index (χ3n) is 2.77. The summed E-state index contributed by atoms with van der Waals surface area (Å²) >= 11 is 0. The molecule has 0 radical (unpaired) electrons. The first-order valence-electron chi connectivity index (χ1n) is 6.75. The zero-order chi connectivity index (χ0) is 13.3. The maximum Gasteiger partial charge on any atom is 0.316 e. The molecule has 0 bridgehead atoms. The number of carbonyl (C=O) groups excluding carboxylic acids is 2. The summed E-state index contributed by atoms with van der Waals surface area (Å²) in [5.74, 6) is -0.610. The van der Waals surface area contributed by atoms with E-state index < -0.39 is 0 Å². The van der Waals surface area contributed by atoms with E-state index in [1.165, 1.54) is 0 Å². The second-order valence-corrected chi connectivity index (χ2v) is 4.99. The van der Waals surface area contributed by atoms with E-state index in [1.54, 1.807) is 0 Å².